The highest BCUT2D eigenvalue weighted by molar-refractivity contribution is 7.85. The predicted molar refractivity (Wildman–Crippen MR) is 80.6 cm³/mol. The molecule has 4 heteroatoms. The van der Waals surface area contributed by atoms with Crippen LogP contribution >= 0.6 is 0 Å². The van der Waals surface area contributed by atoms with Gasteiger partial charge in [0.05, 0.1) is 16.4 Å². The van der Waals surface area contributed by atoms with E-state index in [2.05, 4.69) is 6.92 Å². The number of aryl methyl sites for hydroxylation is 1. The number of carboxylic acids is 1. The van der Waals surface area contributed by atoms with Gasteiger partial charge in [0.2, 0.25) is 0 Å². The lowest BCUT2D eigenvalue weighted by Crippen LogP contribution is -2.23. The molecule has 0 saturated heterocycles. The molecule has 3 nitrogen and oxygen atoms in total. The lowest BCUT2D eigenvalue weighted by molar-refractivity contribution is 0.0696. The molecule has 1 aliphatic carbocycles. The Kier molecular flexibility index (Phi) is 4.97. The van der Waals surface area contributed by atoms with E-state index in [-0.39, 0.29) is 10.8 Å². The van der Waals surface area contributed by atoms with Gasteiger partial charge in [-0.2, -0.15) is 0 Å². The summed E-state index contributed by atoms with van der Waals surface area (Å²) >= 11 is 0. The smallest absolute Gasteiger partial charge is 0.335 e. The lowest BCUT2D eigenvalue weighted by atomic mass is 9.87. The van der Waals surface area contributed by atoms with Crippen molar-refractivity contribution >= 4 is 16.8 Å². The zero-order valence-electron chi connectivity index (χ0n) is 12.1. The number of hydrogen-bond acceptors (Lipinski definition) is 2. The molecule has 0 aromatic heterocycles. The van der Waals surface area contributed by atoms with Gasteiger partial charge in [-0.3, -0.25) is 4.21 Å². The van der Waals surface area contributed by atoms with Gasteiger partial charge in [-0.1, -0.05) is 19.4 Å². The SMILES string of the molecule is CCC1CCC(S(=O)c2ccc(C)c(C(=O)O)c2)CC1. The van der Waals surface area contributed by atoms with Crippen molar-refractivity contribution < 1.29 is 14.1 Å². The van der Waals surface area contributed by atoms with E-state index in [4.69, 9.17) is 5.11 Å². The number of benzene rings is 1. The van der Waals surface area contributed by atoms with Crippen LogP contribution in [0.4, 0.5) is 0 Å². The topological polar surface area (TPSA) is 54.4 Å². The van der Waals surface area contributed by atoms with Crippen LogP contribution in [-0.4, -0.2) is 20.5 Å². The maximum atomic E-state index is 12.6. The summed E-state index contributed by atoms with van der Waals surface area (Å²) in [4.78, 5) is 11.8. The maximum absolute atomic E-state index is 12.6. The molecule has 1 fully saturated rings. The Balaban J connectivity index is 2.14. The van der Waals surface area contributed by atoms with Gasteiger partial charge in [0, 0.05) is 10.1 Å². The molecule has 1 aromatic rings. The Morgan fingerprint density at radius 2 is 1.95 bits per heavy atom. The third kappa shape index (κ3) is 3.29. The number of carboxylic acid groups (broad SMARTS) is 1. The number of rotatable bonds is 4. The molecule has 2 rings (SSSR count). The van der Waals surface area contributed by atoms with Crippen LogP contribution in [0.5, 0.6) is 0 Å². The minimum Gasteiger partial charge on any atom is -0.478 e. The number of hydrogen-bond donors (Lipinski definition) is 1. The van der Waals surface area contributed by atoms with E-state index in [1.807, 2.05) is 6.07 Å². The first kappa shape index (κ1) is 15.2. The molecule has 1 aliphatic rings. The van der Waals surface area contributed by atoms with Crippen molar-refractivity contribution in [3.8, 4) is 0 Å². The minimum atomic E-state index is -1.09. The fourth-order valence-electron chi connectivity index (χ4n) is 2.90. The molecule has 1 N–H and O–H groups in total. The summed E-state index contributed by atoms with van der Waals surface area (Å²) in [5, 5.41) is 9.33. The van der Waals surface area contributed by atoms with Crippen molar-refractivity contribution in [3.05, 3.63) is 29.3 Å². The van der Waals surface area contributed by atoms with E-state index in [0.717, 1.165) is 31.6 Å². The molecule has 0 aliphatic heterocycles. The van der Waals surface area contributed by atoms with Gasteiger partial charge in [-0.25, -0.2) is 4.79 Å². The molecule has 0 amide bonds. The minimum absolute atomic E-state index is 0.183. The van der Waals surface area contributed by atoms with Crippen molar-refractivity contribution in [2.45, 2.75) is 56.1 Å². The second-order valence-corrected chi connectivity index (χ2v) is 7.36. The van der Waals surface area contributed by atoms with E-state index in [9.17, 15) is 9.00 Å². The van der Waals surface area contributed by atoms with Gasteiger partial charge in [-0.15, -0.1) is 0 Å². The third-order valence-corrected chi connectivity index (χ3v) is 6.14. The van der Waals surface area contributed by atoms with Crippen molar-refractivity contribution in [1.82, 2.24) is 0 Å². The number of aromatic carboxylic acids is 1. The number of carbonyl (C=O) groups is 1. The van der Waals surface area contributed by atoms with Gasteiger partial charge in [-0.05, 0) is 56.2 Å². The summed E-state index contributed by atoms with van der Waals surface area (Å²) in [5.41, 5.74) is 0.978. The van der Waals surface area contributed by atoms with E-state index in [0.29, 0.717) is 10.5 Å². The summed E-state index contributed by atoms with van der Waals surface area (Å²) in [5.74, 6) is -0.174. The van der Waals surface area contributed by atoms with Crippen LogP contribution in [0.1, 0.15) is 54.9 Å². The fourth-order valence-corrected chi connectivity index (χ4v) is 4.42. The van der Waals surface area contributed by atoms with Crippen LogP contribution in [0.3, 0.4) is 0 Å². The second-order valence-electron chi connectivity index (χ2n) is 5.63. The van der Waals surface area contributed by atoms with Gasteiger partial charge in [0.1, 0.15) is 0 Å². The van der Waals surface area contributed by atoms with Crippen LogP contribution < -0.4 is 0 Å². The Hall–Kier alpha value is -1.16. The van der Waals surface area contributed by atoms with Gasteiger partial charge in [0.15, 0.2) is 0 Å². The summed E-state index contributed by atoms with van der Waals surface area (Å²) < 4.78 is 12.6. The molecule has 1 atom stereocenters. The maximum Gasteiger partial charge on any atom is 0.335 e. The molecular weight excluding hydrogens is 272 g/mol. The quantitative estimate of drug-likeness (QED) is 0.919. The van der Waals surface area contributed by atoms with Crippen molar-refractivity contribution in [3.63, 3.8) is 0 Å². The summed E-state index contributed by atoms with van der Waals surface area (Å²) in [6.45, 7) is 3.98. The molecule has 1 aromatic carbocycles. The molecule has 0 spiro atoms. The van der Waals surface area contributed by atoms with Crippen LogP contribution in [0, 0.1) is 12.8 Å². The first-order chi connectivity index (χ1) is 9.52. The average Bonchev–Trinajstić information content (AvgIpc) is 2.47. The van der Waals surface area contributed by atoms with Crippen LogP contribution in [0.25, 0.3) is 0 Å². The summed E-state index contributed by atoms with van der Waals surface area (Å²) in [6, 6.07) is 5.15. The summed E-state index contributed by atoms with van der Waals surface area (Å²) in [7, 11) is -1.09. The fraction of sp³-hybridized carbons (Fsp3) is 0.562. The Labute approximate surface area is 122 Å². The van der Waals surface area contributed by atoms with E-state index < -0.39 is 16.8 Å². The first-order valence-corrected chi connectivity index (χ1v) is 8.48. The zero-order valence-corrected chi connectivity index (χ0v) is 12.9. The van der Waals surface area contributed by atoms with Gasteiger partial charge in [0.25, 0.3) is 0 Å². The summed E-state index contributed by atoms with van der Waals surface area (Å²) in [6.07, 6.45) is 5.46. The zero-order chi connectivity index (χ0) is 14.7. The van der Waals surface area contributed by atoms with Crippen LogP contribution in [0.2, 0.25) is 0 Å². The highest BCUT2D eigenvalue weighted by Crippen LogP contribution is 2.31. The Morgan fingerprint density at radius 1 is 1.30 bits per heavy atom. The van der Waals surface area contributed by atoms with Crippen molar-refractivity contribution in [1.29, 1.82) is 0 Å². The third-order valence-electron chi connectivity index (χ3n) is 4.35. The van der Waals surface area contributed by atoms with Crippen LogP contribution in [0.15, 0.2) is 23.1 Å². The Bertz CT molecular complexity index is 516. The standard InChI is InChI=1S/C16H22O3S/c1-3-12-5-8-13(9-6-12)20(19)14-7-4-11(2)15(10-14)16(17)18/h4,7,10,12-13H,3,5-6,8-9H2,1-2H3,(H,17,18). The largest absolute Gasteiger partial charge is 0.478 e. The second kappa shape index (κ2) is 6.53. The predicted octanol–water partition coefficient (Wildman–Crippen LogP) is 3.77. The van der Waals surface area contributed by atoms with E-state index in [1.54, 1.807) is 19.1 Å². The van der Waals surface area contributed by atoms with E-state index >= 15 is 0 Å². The monoisotopic (exact) mass is 294 g/mol. The van der Waals surface area contributed by atoms with E-state index in [1.165, 1.54) is 6.42 Å². The Morgan fingerprint density at radius 3 is 2.50 bits per heavy atom. The average molecular weight is 294 g/mol. The molecule has 20 heavy (non-hydrogen) atoms. The van der Waals surface area contributed by atoms with Crippen LogP contribution in [-0.2, 0) is 10.8 Å². The highest BCUT2D eigenvalue weighted by Gasteiger charge is 2.25. The normalized spacial score (nSPS) is 24.3. The molecule has 1 saturated carbocycles. The highest BCUT2D eigenvalue weighted by atomic mass is 32.2. The first-order valence-electron chi connectivity index (χ1n) is 7.27. The molecule has 1 unspecified atom stereocenters. The molecular formula is C16H22O3S. The molecule has 0 radical (unpaired) electrons. The molecule has 110 valence electrons. The van der Waals surface area contributed by atoms with Gasteiger partial charge < -0.3 is 5.11 Å². The molecule has 0 bridgehead atoms. The van der Waals surface area contributed by atoms with Crippen molar-refractivity contribution in [2.75, 3.05) is 0 Å². The van der Waals surface area contributed by atoms with Crippen molar-refractivity contribution in [2.24, 2.45) is 5.92 Å². The van der Waals surface area contributed by atoms with Gasteiger partial charge >= 0.3 is 5.97 Å². The molecule has 0 heterocycles. The lowest BCUT2D eigenvalue weighted by Gasteiger charge is -2.27.